The van der Waals surface area contributed by atoms with Crippen LogP contribution in [0.3, 0.4) is 0 Å². The van der Waals surface area contributed by atoms with Crippen LogP contribution in [0.5, 0.6) is 0 Å². The topological polar surface area (TPSA) is 18.5 Å². The molecule has 0 spiro atoms. The summed E-state index contributed by atoms with van der Waals surface area (Å²) >= 11 is 0. The highest BCUT2D eigenvalue weighted by Crippen LogP contribution is 2.63. The molecule has 6 aliphatic carbocycles. The molecule has 2 nitrogen and oxygen atoms in total. The van der Waals surface area contributed by atoms with Gasteiger partial charge in [-0.2, -0.15) is 0 Å². The molecular weight excluding hydrogens is 400 g/mol. The van der Waals surface area contributed by atoms with E-state index in [0.29, 0.717) is 22.7 Å². The molecule has 170 valence electrons. The summed E-state index contributed by atoms with van der Waals surface area (Å²) in [5.74, 6) is 3.04. The van der Waals surface area contributed by atoms with Crippen molar-refractivity contribution in [3.8, 4) is 0 Å². The van der Waals surface area contributed by atoms with Gasteiger partial charge in [0.15, 0.2) is 16.6 Å². The van der Waals surface area contributed by atoms with Crippen LogP contribution >= 0.6 is 0 Å². The predicted molar refractivity (Wildman–Crippen MR) is 133 cm³/mol. The number of allylic oxidation sites excluding steroid dienone is 2. The Bertz CT molecular complexity index is 686. The highest BCUT2D eigenvalue weighted by Gasteiger charge is 2.57. The smallest absolute Gasteiger partial charge is 0.184 e. The average Bonchev–Trinajstić information content (AvgIpc) is 2.62. The lowest BCUT2D eigenvalue weighted by molar-refractivity contribution is -0.0478. The molecule has 6 aliphatic rings. The van der Waals surface area contributed by atoms with Crippen LogP contribution in [0.4, 0.5) is 0 Å². The summed E-state index contributed by atoms with van der Waals surface area (Å²) in [5.41, 5.74) is 3.98. The van der Waals surface area contributed by atoms with Gasteiger partial charge in [-0.15, -0.1) is 0 Å². The van der Waals surface area contributed by atoms with Crippen molar-refractivity contribution in [2.75, 3.05) is 0 Å². The van der Waals surface area contributed by atoms with Crippen LogP contribution in [0.2, 0.25) is 39.3 Å². The molecule has 0 saturated heterocycles. The zero-order chi connectivity index (χ0) is 22.3. The monoisotopic (exact) mass is 446 g/mol. The minimum absolute atomic E-state index is 0.105. The maximum atomic E-state index is 7.09. The van der Waals surface area contributed by atoms with E-state index in [4.69, 9.17) is 8.85 Å². The first-order valence-corrected chi connectivity index (χ1v) is 19.2. The van der Waals surface area contributed by atoms with Crippen molar-refractivity contribution in [2.45, 2.75) is 105 Å². The third kappa shape index (κ3) is 3.88. The molecule has 0 amide bonds. The molecule has 0 aromatic carbocycles. The van der Waals surface area contributed by atoms with E-state index in [9.17, 15) is 0 Å². The summed E-state index contributed by atoms with van der Waals surface area (Å²) in [6.07, 6.45) is 10.5. The summed E-state index contributed by atoms with van der Waals surface area (Å²) in [6, 6.07) is 0. The van der Waals surface area contributed by atoms with Gasteiger partial charge in [-0.1, -0.05) is 39.8 Å². The van der Waals surface area contributed by atoms with Crippen molar-refractivity contribution in [3.63, 3.8) is 0 Å². The van der Waals surface area contributed by atoms with Crippen molar-refractivity contribution in [2.24, 2.45) is 34.5 Å². The molecule has 2 fully saturated rings. The highest BCUT2D eigenvalue weighted by atomic mass is 28.4. The summed E-state index contributed by atoms with van der Waals surface area (Å²) in [6.45, 7) is 24.0. The van der Waals surface area contributed by atoms with E-state index < -0.39 is 16.6 Å². The fourth-order valence-electron chi connectivity index (χ4n) is 6.80. The highest BCUT2D eigenvalue weighted by molar-refractivity contribution is 6.70. The Balaban J connectivity index is 1.75. The number of hydrogen-bond donors (Lipinski definition) is 0. The molecule has 6 rings (SSSR count). The van der Waals surface area contributed by atoms with E-state index in [2.05, 4.69) is 79.1 Å². The van der Waals surface area contributed by atoms with Crippen LogP contribution in [-0.2, 0) is 8.85 Å². The first-order valence-electron chi connectivity index (χ1n) is 12.4. The zero-order valence-electron chi connectivity index (χ0n) is 21.3. The van der Waals surface area contributed by atoms with Crippen LogP contribution < -0.4 is 0 Å². The van der Waals surface area contributed by atoms with Gasteiger partial charge in [0, 0.05) is 0 Å². The van der Waals surface area contributed by atoms with Crippen LogP contribution in [0, 0.1) is 34.5 Å². The van der Waals surface area contributed by atoms with Crippen molar-refractivity contribution in [3.05, 3.63) is 23.3 Å². The van der Waals surface area contributed by atoms with Gasteiger partial charge in [0.2, 0.25) is 0 Å². The molecule has 4 bridgehead atoms. The van der Waals surface area contributed by atoms with Gasteiger partial charge in [-0.05, 0) is 111 Å². The first-order chi connectivity index (χ1) is 13.6. The molecule has 0 aliphatic heterocycles. The second-order valence-electron chi connectivity index (χ2n) is 13.8. The molecule has 0 heterocycles. The Morgan fingerprint density at radius 2 is 1.03 bits per heavy atom. The van der Waals surface area contributed by atoms with Crippen molar-refractivity contribution in [1.82, 2.24) is 0 Å². The number of hydrogen-bond acceptors (Lipinski definition) is 2. The van der Waals surface area contributed by atoms with E-state index in [-0.39, 0.29) is 12.2 Å². The van der Waals surface area contributed by atoms with Gasteiger partial charge < -0.3 is 8.85 Å². The third-order valence-electron chi connectivity index (χ3n) is 8.92. The molecule has 30 heavy (non-hydrogen) atoms. The van der Waals surface area contributed by atoms with E-state index >= 15 is 0 Å². The first kappa shape index (κ1) is 23.0. The van der Waals surface area contributed by atoms with Crippen LogP contribution in [0.1, 0.15) is 53.4 Å². The third-order valence-corrected chi connectivity index (χ3v) is 10.8. The molecule has 0 N–H and O–H groups in total. The minimum atomic E-state index is -1.74. The minimum Gasteiger partial charge on any atom is -0.408 e. The summed E-state index contributed by atoms with van der Waals surface area (Å²) in [5, 5.41) is 0. The number of rotatable bonds is 7. The maximum Gasteiger partial charge on any atom is 0.184 e. The lowest BCUT2D eigenvalue weighted by Gasteiger charge is -2.61. The molecule has 0 aromatic rings. The van der Waals surface area contributed by atoms with E-state index in [1.165, 1.54) is 25.7 Å². The van der Waals surface area contributed by atoms with Crippen molar-refractivity contribution >= 4 is 16.6 Å². The van der Waals surface area contributed by atoms with Gasteiger partial charge in [-0.25, -0.2) is 0 Å². The molecular formula is C26H46O2Si2. The summed E-state index contributed by atoms with van der Waals surface area (Å²) in [7, 11) is -3.48. The van der Waals surface area contributed by atoms with Crippen LogP contribution in [0.25, 0.3) is 0 Å². The summed E-state index contributed by atoms with van der Waals surface area (Å²) in [4.78, 5) is 0. The van der Waals surface area contributed by atoms with Crippen LogP contribution in [-0.4, -0.2) is 28.8 Å². The second-order valence-corrected chi connectivity index (χ2v) is 22.7. The zero-order valence-corrected chi connectivity index (χ0v) is 23.3. The van der Waals surface area contributed by atoms with E-state index in [1.54, 1.807) is 11.1 Å². The molecule has 6 atom stereocenters. The van der Waals surface area contributed by atoms with E-state index in [0.717, 1.165) is 11.8 Å². The van der Waals surface area contributed by atoms with Crippen LogP contribution in [0.15, 0.2) is 23.3 Å². The fourth-order valence-corrected chi connectivity index (χ4v) is 8.85. The summed E-state index contributed by atoms with van der Waals surface area (Å²) < 4.78 is 14.2. The Labute approximate surface area is 188 Å². The predicted octanol–water partition coefficient (Wildman–Crippen LogP) is 7.41. The normalized spacial score (nSPS) is 36.1. The van der Waals surface area contributed by atoms with E-state index in [1.807, 2.05) is 0 Å². The van der Waals surface area contributed by atoms with Crippen molar-refractivity contribution in [1.29, 1.82) is 0 Å². The molecule has 4 heteroatoms. The van der Waals surface area contributed by atoms with Gasteiger partial charge in [0.1, 0.15) is 0 Å². The fraction of sp³-hybridized carbons (Fsp3) is 0.846. The molecule has 0 aromatic heterocycles. The molecule has 0 radical (unpaired) electrons. The standard InChI is InChI=1S/C26H46O2Si2/c1-25(2)17-11-13-19(21(25)15-17)23(27-29(5,6)7)24(28-30(8,9)10)20-14-12-18-16-22(20)26(18,3)4/h13-14,17-18,21-24H,11-12,15-16H2,1-10H3. The Morgan fingerprint density at radius 1 is 0.700 bits per heavy atom. The Kier molecular flexibility index (Phi) is 5.50. The average molecular weight is 447 g/mol. The lowest BCUT2D eigenvalue weighted by Crippen LogP contribution is -2.57. The SMILES string of the molecule is CC1(C)C2CC=C(C(O[Si](C)(C)C)C(O[Si](C)(C)C)C3=CCC4CC3C4(C)C)C1C2. The second kappa shape index (κ2) is 7.17. The lowest BCUT2D eigenvalue weighted by atomic mass is 9.46. The van der Waals surface area contributed by atoms with Gasteiger partial charge in [0.25, 0.3) is 0 Å². The quantitative estimate of drug-likeness (QED) is 0.299. The van der Waals surface area contributed by atoms with Gasteiger partial charge in [-0.3, -0.25) is 0 Å². The van der Waals surface area contributed by atoms with Gasteiger partial charge >= 0.3 is 0 Å². The Hall–Kier alpha value is -0.166. The van der Waals surface area contributed by atoms with Crippen molar-refractivity contribution < 1.29 is 8.85 Å². The Morgan fingerprint density at radius 3 is 1.27 bits per heavy atom. The largest absolute Gasteiger partial charge is 0.408 e. The maximum absolute atomic E-state index is 7.09. The molecule has 2 saturated carbocycles. The van der Waals surface area contributed by atoms with Gasteiger partial charge in [0.05, 0.1) is 12.2 Å². The number of fused-ring (bicyclic) bond motifs is 2. The molecule has 6 unspecified atom stereocenters.